The predicted octanol–water partition coefficient (Wildman–Crippen LogP) is 5.26. The van der Waals surface area contributed by atoms with Crippen LogP contribution in [-0.4, -0.2) is 39.6 Å². The maximum absolute atomic E-state index is 12.3. The summed E-state index contributed by atoms with van der Waals surface area (Å²) < 4.78 is 7.65. The van der Waals surface area contributed by atoms with Gasteiger partial charge < -0.3 is 10.1 Å². The third-order valence-electron chi connectivity index (χ3n) is 5.74. The van der Waals surface area contributed by atoms with E-state index in [1.54, 1.807) is 18.9 Å². The highest BCUT2D eigenvalue weighted by molar-refractivity contribution is 7.99. The molecule has 7 heteroatoms. The molecule has 1 heterocycles. The van der Waals surface area contributed by atoms with Crippen molar-refractivity contribution in [2.75, 3.05) is 12.9 Å². The van der Waals surface area contributed by atoms with Gasteiger partial charge in [0.2, 0.25) is 5.91 Å². The maximum atomic E-state index is 12.3. The van der Waals surface area contributed by atoms with E-state index in [-0.39, 0.29) is 5.91 Å². The van der Waals surface area contributed by atoms with Gasteiger partial charge >= 0.3 is 0 Å². The number of rotatable bonds is 9. The monoisotopic (exact) mass is 450 g/mol. The van der Waals surface area contributed by atoms with Crippen LogP contribution >= 0.6 is 11.8 Å². The van der Waals surface area contributed by atoms with Crippen molar-refractivity contribution in [3.05, 3.63) is 54.6 Å². The maximum Gasteiger partial charge on any atom is 0.220 e. The van der Waals surface area contributed by atoms with Gasteiger partial charge in [-0.2, -0.15) is 0 Å². The number of para-hydroxylation sites is 2. The number of amides is 1. The van der Waals surface area contributed by atoms with Gasteiger partial charge in [-0.3, -0.25) is 9.36 Å². The molecule has 1 N–H and O–H groups in total. The summed E-state index contributed by atoms with van der Waals surface area (Å²) in [6, 6.07) is 18.3. The van der Waals surface area contributed by atoms with Crippen LogP contribution in [0.1, 0.15) is 44.9 Å². The zero-order valence-corrected chi connectivity index (χ0v) is 19.3. The third kappa shape index (κ3) is 5.51. The van der Waals surface area contributed by atoms with Crippen LogP contribution in [0.25, 0.3) is 17.1 Å². The standard InChI is InChI=1S/C25H30N4O2S/c1-31-22-16-9-8-15-21(22)29-24(19-11-4-2-5-12-19)27-28-25(29)32-18-10-17-23(30)26-20-13-6-3-7-14-20/h2,4-5,8-9,11-12,15-16,20H,3,6-7,10,13-14,17-18H2,1H3,(H,26,30). The van der Waals surface area contributed by atoms with Crippen LogP contribution in [0.3, 0.4) is 0 Å². The van der Waals surface area contributed by atoms with Gasteiger partial charge in [-0.25, -0.2) is 0 Å². The van der Waals surface area contributed by atoms with Crippen molar-refractivity contribution in [2.24, 2.45) is 0 Å². The number of hydrogen-bond donors (Lipinski definition) is 1. The first kappa shape index (κ1) is 22.4. The Morgan fingerprint density at radius 2 is 1.81 bits per heavy atom. The van der Waals surface area contributed by atoms with E-state index in [0.717, 1.165) is 53.0 Å². The molecule has 1 fully saturated rings. The topological polar surface area (TPSA) is 69.0 Å². The summed E-state index contributed by atoms with van der Waals surface area (Å²) in [5.74, 6) is 2.49. The minimum absolute atomic E-state index is 0.161. The van der Waals surface area contributed by atoms with Crippen LogP contribution in [0, 0.1) is 0 Å². The predicted molar refractivity (Wildman–Crippen MR) is 128 cm³/mol. The van der Waals surface area contributed by atoms with Crippen molar-refractivity contribution < 1.29 is 9.53 Å². The van der Waals surface area contributed by atoms with Gasteiger partial charge in [0.1, 0.15) is 5.75 Å². The van der Waals surface area contributed by atoms with Crippen LogP contribution in [0.4, 0.5) is 0 Å². The van der Waals surface area contributed by atoms with E-state index in [2.05, 4.69) is 15.5 Å². The number of thioether (sulfide) groups is 1. The van der Waals surface area contributed by atoms with Gasteiger partial charge in [0.05, 0.1) is 12.8 Å². The van der Waals surface area contributed by atoms with Gasteiger partial charge in [0.25, 0.3) is 0 Å². The van der Waals surface area contributed by atoms with E-state index in [4.69, 9.17) is 4.74 Å². The molecular weight excluding hydrogens is 420 g/mol. The Morgan fingerprint density at radius 1 is 1.06 bits per heavy atom. The fraction of sp³-hybridized carbons (Fsp3) is 0.400. The van der Waals surface area contributed by atoms with Crippen molar-refractivity contribution >= 4 is 17.7 Å². The van der Waals surface area contributed by atoms with Crippen LogP contribution in [-0.2, 0) is 4.79 Å². The summed E-state index contributed by atoms with van der Waals surface area (Å²) in [5.41, 5.74) is 1.89. The number of hydrogen-bond acceptors (Lipinski definition) is 5. The second-order valence-corrected chi connectivity index (χ2v) is 9.10. The van der Waals surface area contributed by atoms with Crippen molar-refractivity contribution in [3.63, 3.8) is 0 Å². The minimum Gasteiger partial charge on any atom is -0.495 e. The molecule has 6 nitrogen and oxygen atoms in total. The summed E-state index contributed by atoms with van der Waals surface area (Å²) in [5, 5.41) is 13.0. The first-order valence-corrected chi connectivity index (χ1v) is 12.3. The highest BCUT2D eigenvalue weighted by Gasteiger charge is 2.19. The van der Waals surface area contributed by atoms with E-state index >= 15 is 0 Å². The van der Waals surface area contributed by atoms with Crippen molar-refractivity contribution in [3.8, 4) is 22.8 Å². The Hall–Kier alpha value is -2.80. The molecule has 2 aromatic carbocycles. The fourth-order valence-electron chi connectivity index (χ4n) is 4.11. The molecule has 0 radical (unpaired) electrons. The number of nitrogens with zero attached hydrogens (tertiary/aromatic N) is 3. The molecule has 0 unspecified atom stereocenters. The summed E-state index contributed by atoms with van der Waals surface area (Å²) in [7, 11) is 1.67. The number of nitrogens with one attached hydrogen (secondary N) is 1. The molecule has 32 heavy (non-hydrogen) atoms. The van der Waals surface area contributed by atoms with Crippen molar-refractivity contribution in [2.45, 2.75) is 56.1 Å². The van der Waals surface area contributed by atoms with E-state index < -0.39 is 0 Å². The van der Waals surface area contributed by atoms with Gasteiger partial charge in [-0.15, -0.1) is 10.2 Å². The zero-order valence-electron chi connectivity index (χ0n) is 18.5. The van der Waals surface area contributed by atoms with E-state index in [9.17, 15) is 4.79 Å². The van der Waals surface area contributed by atoms with Crippen LogP contribution in [0.2, 0.25) is 0 Å². The molecule has 1 aromatic heterocycles. The molecule has 1 amide bonds. The SMILES string of the molecule is COc1ccccc1-n1c(SCCCC(=O)NC2CCCCC2)nnc1-c1ccccc1. The smallest absolute Gasteiger partial charge is 0.220 e. The van der Waals surface area contributed by atoms with Crippen LogP contribution in [0.5, 0.6) is 5.75 Å². The van der Waals surface area contributed by atoms with Crippen molar-refractivity contribution in [1.29, 1.82) is 0 Å². The van der Waals surface area contributed by atoms with E-state index in [0.29, 0.717) is 12.5 Å². The first-order chi connectivity index (χ1) is 15.8. The molecular formula is C25H30N4O2S. The fourth-order valence-corrected chi connectivity index (χ4v) is 5.00. The van der Waals surface area contributed by atoms with Gasteiger partial charge in [0, 0.05) is 23.8 Å². The molecule has 0 aliphatic heterocycles. The lowest BCUT2D eigenvalue weighted by Crippen LogP contribution is -2.36. The number of carbonyl (C=O) groups excluding carboxylic acids is 1. The molecule has 0 atom stereocenters. The molecule has 1 saturated carbocycles. The van der Waals surface area contributed by atoms with E-state index in [1.165, 1.54) is 19.3 Å². The molecule has 0 bridgehead atoms. The second kappa shape index (κ2) is 11.2. The molecule has 1 aliphatic carbocycles. The largest absolute Gasteiger partial charge is 0.495 e. The summed E-state index contributed by atoms with van der Waals surface area (Å²) >= 11 is 1.62. The van der Waals surface area contributed by atoms with Gasteiger partial charge in [0.15, 0.2) is 11.0 Å². The van der Waals surface area contributed by atoms with Gasteiger partial charge in [-0.1, -0.05) is 73.5 Å². The molecule has 1 aliphatic rings. The average Bonchev–Trinajstić information content (AvgIpc) is 3.26. The highest BCUT2D eigenvalue weighted by atomic mass is 32.2. The lowest BCUT2D eigenvalue weighted by Gasteiger charge is -2.22. The molecule has 0 spiro atoms. The molecule has 4 rings (SSSR count). The molecule has 0 saturated heterocycles. The summed E-state index contributed by atoms with van der Waals surface area (Å²) in [6.07, 6.45) is 7.31. The Bertz CT molecular complexity index is 1020. The Labute approximate surface area is 193 Å². The molecule has 168 valence electrons. The lowest BCUT2D eigenvalue weighted by atomic mass is 9.95. The number of carbonyl (C=O) groups is 1. The van der Waals surface area contributed by atoms with Crippen molar-refractivity contribution in [1.82, 2.24) is 20.1 Å². The first-order valence-electron chi connectivity index (χ1n) is 11.3. The number of methoxy groups -OCH3 is 1. The number of benzene rings is 2. The quantitative estimate of drug-likeness (QED) is 0.356. The van der Waals surface area contributed by atoms with Gasteiger partial charge in [-0.05, 0) is 31.4 Å². The lowest BCUT2D eigenvalue weighted by molar-refractivity contribution is -0.122. The third-order valence-corrected chi connectivity index (χ3v) is 6.76. The summed E-state index contributed by atoms with van der Waals surface area (Å²) in [4.78, 5) is 12.3. The average molecular weight is 451 g/mol. The second-order valence-electron chi connectivity index (χ2n) is 8.03. The Kier molecular flexibility index (Phi) is 7.82. The number of aromatic nitrogens is 3. The van der Waals surface area contributed by atoms with E-state index in [1.807, 2.05) is 59.2 Å². The highest BCUT2D eigenvalue weighted by Crippen LogP contribution is 2.32. The Morgan fingerprint density at radius 3 is 2.59 bits per heavy atom. The zero-order chi connectivity index (χ0) is 22.2. The minimum atomic E-state index is 0.161. The van der Waals surface area contributed by atoms with Crippen LogP contribution in [0.15, 0.2) is 59.8 Å². The molecule has 3 aromatic rings. The normalized spacial score (nSPS) is 14.3. The Balaban J connectivity index is 1.45. The van der Waals surface area contributed by atoms with Crippen LogP contribution < -0.4 is 10.1 Å². The number of ether oxygens (including phenoxy) is 1. The summed E-state index contributed by atoms with van der Waals surface area (Å²) in [6.45, 7) is 0.